The molecule has 0 aromatic rings. The number of rotatable bonds is 8. The highest BCUT2D eigenvalue weighted by Gasteiger charge is 2.25. The third kappa shape index (κ3) is 6.20. The fourth-order valence-electron chi connectivity index (χ4n) is 2.84. The van der Waals surface area contributed by atoms with Gasteiger partial charge in [0.25, 0.3) is 0 Å². The predicted octanol–water partition coefficient (Wildman–Crippen LogP) is 0.800. The van der Waals surface area contributed by atoms with Gasteiger partial charge in [0.15, 0.2) is 0 Å². The minimum absolute atomic E-state index is 0.142. The van der Waals surface area contributed by atoms with E-state index in [9.17, 15) is 4.79 Å². The van der Waals surface area contributed by atoms with Gasteiger partial charge in [0, 0.05) is 25.7 Å². The Labute approximate surface area is 123 Å². The van der Waals surface area contributed by atoms with Crippen LogP contribution < -0.4 is 5.32 Å². The zero-order valence-electron chi connectivity index (χ0n) is 13.7. The predicted molar refractivity (Wildman–Crippen MR) is 81.8 cm³/mol. The number of nitrogens with zero attached hydrogens (tertiary/aromatic N) is 2. The average Bonchev–Trinajstić information content (AvgIpc) is 2.73. The van der Waals surface area contributed by atoms with Crippen molar-refractivity contribution in [2.75, 3.05) is 46.9 Å². The Balaban J connectivity index is 2.44. The van der Waals surface area contributed by atoms with Crippen molar-refractivity contribution in [1.82, 2.24) is 15.1 Å². The van der Waals surface area contributed by atoms with Gasteiger partial charge in [0.05, 0.1) is 6.61 Å². The minimum atomic E-state index is -0.237. The van der Waals surface area contributed by atoms with Crippen LogP contribution in [0.5, 0.6) is 0 Å². The second-order valence-electron chi connectivity index (χ2n) is 6.26. The number of nitrogens with one attached hydrogen (secondary N) is 1. The molecule has 0 aromatic carbocycles. The normalized spacial score (nSPS) is 21.6. The van der Waals surface area contributed by atoms with Gasteiger partial charge in [-0.2, -0.15) is 0 Å². The highest BCUT2D eigenvalue weighted by Crippen LogP contribution is 2.15. The number of esters is 1. The molecular weight excluding hydrogens is 254 g/mol. The number of hydrogen-bond acceptors (Lipinski definition) is 5. The van der Waals surface area contributed by atoms with E-state index >= 15 is 0 Å². The van der Waals surface area contributed by atoms with Crippen LogP contribution in [0, 0.1) is 5.92 Å². The number of likely N-dealkylation sites (tertiary alicyclic amines) is 1. The first kappa shape index (κ1) is 17.4. The lowest BCUT2D eigenvalue weighted by molar-refractivity contribution is -0.146. The molecule has 0 amide bonds. The van der Waals surface area contributed by atoms with E-state index in [2.05, 4.69) is 43.1 Å². The molecule has 2 unspecified atom stereocenters. The maximum Gasteiger partial charge on any atom is 0.324 e. The maximum atomic E-state index is 12.0. The Morgan fingerprint density at radius 2 is 2.20 bits per heavy atom. The van der Waals surface area contributed by atoms with Gasteiger partial charge in [-0.15, -0.1) is 0 Å². The van der Waals surface area contributed by atoms with Gasteiger partial charge in [-0.3, -0.25) is 4.79 Å². The Kier molecular flexibility index (Phi) is 7.48. The molecule has 1 aliphatic heterocycles. The molecule has 0 aromatic heterocycles. The van der Waals surface area contributed by atoms with Crippen LogP contribution in [0.4, 0.5) is 0 Å². The smallest absolute Gasteiger partial charge is 0.324 e. The molecule has 0 bridgehead atoms. The van der Waals surface area contributed by atoms with Crippen LogP contribution in [0.15, 0.2) is 0 Å². The molecule has 5 heteroatoms. The lowest BCUT2D eigenvalue weighted by Gasteiger charge is -2.27. The fourth-order valence-corrected chi connectivity index (χ4v) is 2.84. The van der Waals surface area contributed by atoms with Crippen LogP contribution in [0.1, 0.15) is 27.2 Å². The molecule has 1 N–H and O–H groups in total. The Morgan fingerprint density at radius 1 is 1.50 bits per heavy atom. The van der Waals surface area contributed by atoms with Crippen molar-refractivity contribution < 1.29 is 9.53 Å². The van der Waals surface area contributed by atoms with Gasteiger partial charge in [0.2, 0.25) is 0 Å². The van der Waals surface area contributed by atoms with Crippen LogP contribution in [-0.4, -0.2) is 74.7 Å². The zero-order valence-corrected chi connectivity index (χ0v) is 13.7. The summed E-state index contributed by atoms with van der Waals surface area (Å²) in [4.78, 5) is 16.6. The Morgan fingerprint density at radius 3 is 2.70 bits per heavy atom. The molecule has 1 fully saturated rings. The van der Waals surface area contributed by atoms with E-state index in [1.54, 1.807) is 0 Å². The first-order valence-corrected chi connectivity index (χ1v) is 7.72. The summed E-state index contributed by atoms with van der Waals surface area (Å²) in [5, 5.41) is 3.30. The third-order valence-electron chi connectivity index (χ3n) is 3.66. The minimum Gasteiger partial charge on any atom is -0.465 e. The fraction of sp³-hybridized carbons (Fsp3) is 0.933. The summed E-state index contributed by atoms with van der Waals surface area (Å²) < 4.78 is 5.16. The number of likely N-dealkylation sites (N-methyl/N-ethyl adjacent to an activating group) is 1. The third-order valence-corrected chi connectivity index (χ3v) is 3.66. The van der Waals surface area contributed by atoms with Gasteiger partial charge >= 0.3 is 5.97 Å². The SMILES string of the molecule is CCOC(=O)C(CN(C)CC1CCN(C)C1)NC(C)C. The first-order valence-electron chi connectivity index (χ1n) is 7.72. The topological polar surface area (TPSA) is 44.8 Å². The van der Waals surface area contributed by atoms with E-state index < -0.39 is 0 Å². The molecule has 0 radical (unpaired) electrons. The molecule has 0 spiro atoms. The van der Waals surface area contributed by atoms with Gasteiger partial charge in [-0.05, 0) is 39.9 Å². The summed E-state index contributed by atoms with van der Waals surface area (Å²) in [7, 11) is 4.26. The van der Waals surface area contributed by atoms with Gasteiger partial charge in [-0.25, -0.2) is 0 Å². The van der Waals surface area contributed by atoms with Crippen molar-refractivity contribution in [2.45, 2.75) is 39.3 Å². The summed E-state index contributed by atoms with van der Waals surface area (Å²) in [6.07, 6.45) is 1.25. The van der Waals surface area contributed by atoms with Gasteiger partial charge < -0.3 is 19.9 Å². The summed E-state index contributed by atoms with van der Waals surface area (Å²) >= 11 is 0. The van der Waals surface area contributed by atoms with Gasteiger partial charge in [0.1, 0.15) is 6.04 Å². The number of hydrogen-bond donors (Lipinski definition) is 1. The molecule has 1 heterocycles. The first-order chi connectivity index (χ1) is 9.42. The molecular formula is C15H31N3O2. The molecule has 0 aliphatic carbocycles. The lowest BCUT2D eigenvalue weighted by Crippen LogP contribution is -2.49. The summed E-state index contributed by atoms with van der Waals surface area (Å²) in [6, 6.07) is 0.0366. The number of carbonyl (C=O) groups is 1. The lowest BCUT2D eigenvalue weighted by atomic mass is 10.1. The van der Waals surface area contributed by atoms with Crippen LogP contribution in [0.25, 0.3) is 0 Å². The number of carbonyl (C=O) groups excluding carboxylic acids is 1. The van der Waals surface area contributed by atoms with Crippen LogP contribution in [0.2, 0.25) is 0 Å². The molecule has 20 heavy (non-hydrogen) atoms. The van der Waals surface area contributed by atoms with E-state index in [-0.39, 0.29) is 18.1 Å². The molecule has 0 saturated carbocycles. The molecule has 1 saturated heterocycles. The van der Waals surface area contributed by atoms with Gasteiger partial charge in [-0.1, -0.05) is 13.8 Å². The van der Waals surface area contributed by atoms with Crippen LogP contribution in [-0.2, 0) is 9.53 Å². The van der Waals surface area contributed by atoms with E-state index in [1.165, 1.54) is 13.0 Å². The van der Waals surface area contributed by atoms with E-state index in [1.807, 2.05) is 6.92 Å². The summed E-state index contributed by atoms with van der Waals surface area (Å²) in [6.45, 7) is 10.5. The Hall–Kier alpha value is -0.650. The maximum absolute atomic E-state index is 12.0. The molecule has 2 atom stereocenters. The van der Waals surface area contributed by atoms with E-state index in [0.717, 1.165) is 13.1 Å². The van der Waals surface area contributed by atoms with Crippen LogP contribution >= 0.6 is 0 Å². The standard InChI is InChI=1S/C15H31N3O2/c1-6-20-15(19)14(16-12(2)3)11-18(5)10-13-7-8-17(4)9-13/h12-14,16H,6-11H2,1-5H3. The molecule has 5 nitrogen and oxygen atoms in total. The van der Waals surface area contributed by atoms with E-state index in [4.69, 9.17) is 4.74 Å². The van der Waals surface area contributed by atoms with Crippen molar-refractivity contribution in [3.8, 4) is 0 Å². The molecule has 118 valence electrons. The zero-order chi connectivity index (χ0) is 15.1. The number of ether oxygens (including phenoxy) is 1. The van der Waals surface area contributed by atoms with Crippen molar-refractivity contribution in [1.29, 1.82) is 0 Å². The van der Waals surface area contributed by atoms with Crippen molar-refractivity contribution in [3.05, 3.63) is 0 Å². The molecule has 1 aliphatic rings. The highest BCUT2D eigenvalue weighted by atomic mass is 16.5. The monoisotopic (exact) mass is 285 g/mol. The van der Waals surface area contributed by atoms with Crippen molar-refractivity contribution >= 4 is 5.97 Å². The summed E-state index contributed by atoms with van der Waals surface area (Å²) in [5.41, 5.74) is 0. The summed E-state index contributed by atoms with van der Waals surface area (Å²) in [5.74, 6) is 0.573. The second-order valence-corrected chi connectivity index (χ2v) is 6.26. The molecule has 1 rings (SSSR count). The van der Waals surface area contributed by atoms with E-state index in [0.29, 0.717) is 19.1 Å². The quantitative estimate of drug-likeness (QED) is 0.668. The average molecular weight is 285 g/mol. The van der Waals surface area contributed by atoms with Crippen LogP contribution in [0.3, 0.4) is 0 Å². The highest BCUT2D eigenvalue weighted by molar-refractivity contribution is 5.76. The Bertz CT molecular complexity index is 297. The van der Waals surface area contributed by atoms with Crippen molar-refractivity contribution in [2.24, 2.45) is 5.92 Å². The van der Waals surface area contributed by atoms with Crippen molar-refractivity contribution in [3.63, 3.8) is 0 Å². The second kappa shape index (κ2) is 8.60. The largest absolute Gasteiger partial charge is 0.465 e.